The van der Waals surface area contributed by atoms with Crippen LogP contribution in [0.4, 0.5) is 13.2 Å². The highest BCUT2D eigenvalue weighted by Crippen LogP contribution is 2.22. The first-order chi connectivity index (χ1) is 11.2. The average molecular weight is 361 g/mol. The van der Waals surface area contributed by atoms with Gasteiger partial charge in [-0.25, -0.2) is 9.67 Å². The van der Waals surface area contributed by atoms with Crippen LogP contribution < -0.4 is 0 Å². The molecule has 0 aliphatic rings. The highest BCUT2D eigenvalue weighted by Gasteiger charge is 2.29. The fourth-order valence-electron chi connectivity index (χ4n) is 2.05. The molecule has 2 rings (SSSR count). The number of hydrogen-bond donors (Lipinski definition) is 0. The topological polar surface area (TPSA) is 51.0 Å². The first-order valence-electron chi connectivity index (χ1n) is 7.26. The zero-order valence-corrected chi connectivity index (χ0v) is 13.9. The van der Waals surface area contributed by atoms with Crippen LogP contribution in [0.5, 0.6) is 0 Å². The Bertz CT molecular complexity index is 730. The minimum atomic E-state index is -4.33. The third kappa shape index (κ3) is 4.25. The number of halogens is 4. The third-order valence-corrected chi connectivity index (χ3v) is 3.66. The van der Waals surface area contributed by atoms with Crippen LogP contribution in [0, 0.1) is 0 Å². The van der Waals surface area contributed by atoms with E-state index >= 15 is 0 Å². The van der Waals surface area contributed by atoms with Gasteiger partial charge in [-0.05, 0) is 12.1 Å². The largest absolute Gasteiger partial charge is 0.390 e. The summed E-state index contributed by atoms with van der Waals surface area (Å²) in [6.45, 7) is 1.38. The molecule has 1 amide bonds. The zero-order chi connectivity index (χ0) is 17.9. The zero-order valence-electron chi connectivity index (χ0n) is 13.1. The van der Waals surface area contributed by atoms with Gasteiger partial charge >= 0.3 is 6.18 Å². The second kappa shape index (κ2) is 7.21. The molecular weight excluding hydrogens is 345 g/mol. The van der Waals surface area contributed by atoms with E-state index in [9.17, 15) is 18.0 Å². The van der Waals surface area contributed by atoms with Crippen LogP contribution in [0.2, 0.25) is 5.02 Å². The Morgan fingerprint density at radius 3 is 2.58 bits per heavy atom. The number of carbonyl (C=O) groups is 1. The van der Waals surface area contributed by atoms with Gasteiger partial charge in [-0.15, -0.1) is 5.10 Å². The van der Waals surface area contributed by atoms with Gasteiger partial charge in [0.15, 0.2) is 0 Å². The number of rotatable bonds is 5. The molecule has 9 heteroatoms. The first kappa shape index (κ1) is 18.3. The summed E-state index contributed by atoms with van der Waals surface area (Å²) in [4.78, 5) is 17.3. The molecule has 0 spiro atoms. The van der Waals surface area contributed by atoms with Gasteiger partial charge in [0.2, 0.25) is 5.82 Å². The van der Waals surface area contributed by atoms with E-state index in [4.69, 9.17) is 11.6 Å². The number of para-hydroxylation sites is 1. The maximum atomic E-state index is 12.3. The van der Waals surface area contributed by atoms with Gasteiger partial charge in [0.05, 0.1) is 17.1 Å². The lowest BCUT2D eigenvalue weighted by molar-refractivity contribution is -0.136. The SMILES string of the molecule is CCc1nc(C(=O)N(C)CCC(F)(F)F)nn1-c1ccccc1Cl. The van der Waals surface area contributed by atoms with E-state index in [1.54, 1.807) is 24.3 Å². The van der Waals surface area contributed by atoms with Crippen LogP contribution in [-0.2, 0) is 6.42 Å². The standard InChI is InChI=1S/C15H16ClF3N4O/c1-3-12-20-13(14(24)22(2)9-8-15(17,18)19)21-23(12)11-7-5-4-6-10(11)16/h4-7H,3,8-9H2,1-2H3. The normalized spacial score (nSPS) is 11.6. The van der Waals surface area contributed by atoms with Crippen LogP contribution in [0.1, 0.15) is 29.8 Å². The summed E-state index contributed by atoms with van der Waals surface area (Å²) < 4.78 is 38.3. The van der Waals surface area contributed by atoms with Crippen molar-refractivity contribution in [2.24, 2.45) is 0 Å². The maximum absolute atomic E-state index is 12.3. The highest BCUT2D eigenvalue weighted by molar-refractivity contribution is 6.32. The predicted molar refractivity (Wildman–Crippen MR) is 83.4 cm³/mol. The molecule has 0 atom stereocenters. The van der Waals surface area contributed by atoms with Gasteiger partial charge in [-0.3, -0.25) is 4.79 Å². The molecule has 0 aliphatic carbocycles. The van der Waals surface area contributed by atoms with E-state index in [-0.39, 0.29) is 5.82 Å². The summed E-state index contributed by atoms with van der Waals surface area (Å²) in [6.07, 6.45) is -4.92. The molecular formula is C15H16ClF3N4O. The van der Waals surface area contributed by atoms with Crippen molar-refractivity contribution in [3.8, 4) is 5.69 Å². The van der Waals surface area contributed by atoms with Gasteiger partial charge in [-0.1, -0.05) is 30.7 Å². The van der Waals surface area contributed by atoms with Crippen molar-refractivity contribution in [3.63, 3.8) is 0 Å². The summed E-state index contributed by atoms with van der Waals surface area (Å²) in [5.41, 5.74) is 0.556. The summed E-state index contributed by atoms with van der Waals surface area (Å²) in [6, 6.07) is 6.91. The molecule has 1 heterocycles. The molecule has 0 radical (unpaired) electrons. The fraction of sp³-hybridized carbons (Fsp3) is 0.400. The van der Waals surface area contributed by atoms with Crippen molar-refractivity contribution >= 4 is 17.5 Å². The average Bonchev–Trinajstić information content (AvgIpc) is 2.95. The Morgan fingerprint density at radius 1 is 1.33 bits per heavy atom. The number of aryl methyl sites for hydroxylation is 1. The first-order valence-corrected chi connectivity index (χ1v) is 7.63. The number of nitrogens with zero attached hydrogens (tertiary/aromatic N) is 4. The molecule has 0 unspecified atom stereocenters. The van der Waals surface area contributed by atoms with Gasteiger partial charge in [0, 0.05) is 20.0 Å². The molecule has 2 aromatic rings. The molecule has 24 heavy (non-hydrogen) atoms. The Balaban J connectivity index is 2.26. The van der Waals surface area contributed by atoms with Gasteiger partial charge in [-0.2, -0.15) is 13.2 Å². The van der Waals surface area contributed by atoms with E-state index in [1.165, 1.54) is 11.7 Å². The smallest absolute Gasteiger partial charge is 0.339 e. The third-order valence-electron chi connectivity index (χ3n) is 3.34. The molecule has 0 N–H and O–H groups in total. The van der Waals surface area contributed by atoms with Crippen molar-refractivity contribution in [1.82, 2.24) is 19.7 Å². The van der Waals surface area contributed by atoms with Crippen molar-refractivity contribution in [1.29, 1.82) is 0 Å². The van der Waals surface area contributed by atoms with E-state index in [1.807, 2.05) is 6.92 Å². The molecule has 5 nitrogen and oxygen atoms in total. The molecule has 1 aromatic carbocycles. The number of amides is 1. The monoisotopic (exact) mass is 360 g/mol. The minimum absolute atomic E-state index is 0.156. The molecule has 0 fully saturated rings. The Hall–Kier alpha value is -2.09. The maximum Gasteiger partial charge on any atom is 0.390 e. The van der Waals surface area contributed by atoms with Crippen molar-refractivity contribution in [2.75, 3.05) is 13.6 Å². The molecule has 0 aliphatic heterocycles. The van der Waals surface area contributed by atoms with Crippen LogP contribution in [0.3, 0.4) is 0 Å². The van der Waals surface area contributed by atoms with Gasteiger partial charge < -0.3 is 4.90 Å². The number of aromatic nitrogens is 3. The molecule has 0 saturated carbocycles. The number of benzene rings is 1. The molecule has 0 bridgehead atoms. The predicted octanol–water partition coefficient (Wildman–Crippen LogP) is 3.51. The van der Waals surface area contributed by atoms with E-state index in [2.05, 4.69) is 10.1 Å². The van der Waals surface area contributed by atoms with Crippen LogP contribution >= 0.6 is 11.6 Å². The summed E-state index contributed by atoms with van der Waals surface area (Å²) >= 11 is 6.13. The van der Waals surface area contributed by atoms with Crippen LogP contribution in [0.25, 0.3) is 5.69 Å². The summed E-state index contributed by atoms with van der Waals surface area (Å²) in [5, 5.41) is 4.56. The Kier molecular flexibility index (Phi) is 5.48. The minimum Gasteiger partial charge on any atom is -0.339 e. The Labute approximate surface area is 142 Å². The second-order valence-electron chi connectivity index (χ2n) is 5.16. The lowest BCUT2D eigenvalue weighted by atomic mass is 10.3. The number of carbonyl (C=O) groups excluding carboxylic acids is 1. The number of hydrogen-bond acceptors (Lipinski definition) is 3. The summed E-state index contributed by atoms with van der Waals surface area (Å²) in [5.74, 6) is -0.327. The molecule has 130 valence electrons. The quantitative estimate of drug-likeness (QED) is 0.820. The van der Waals surface area contributed by atoms with E-state index < -0.39 is 25.0 Å². The second-order valence-corrected chi connectivity index (χ2v) is 5.57. The molecule has 0 saturated heterocycles. The lowest BCUT2D eigenvalue weighted by Crippen LogP contribution is -2.31. The summed E-state index contributed by atoms with van der Waals surface area (Å²) in [7, 11) is 1.29. The fourth-order valence-corrected chi connectivity index (χ4v) is 2.26. The van der Waals surface area contributed by atoms with Gasteiger partial charge in [0.25, 0.3) is 5.91 Å². The van der Waals surface area contributed by atoms with Crippen molar-refractivity contribution < 1.29 is 18.0 Å². The molecule has 1 aromatic heterocycles. The van der Waals surface area contributed by atoms with E-state index in [0.29, 0.717) is 23.0 Å². The Morgan fingerprint density at radius 2 is 2.00 bits per heavy atom. The van der Waals surface area contributed by atoms with Gasteiger partial charge in [0.1, 0.15) is 5.82 Å². The van der Waals surface area contributed by atoms with E-state index in [0.717, 1.165) is 4.90 Å². The van der Waals surface area contributed by atoms with Crippen LogP contribution in [0.15, 0.2) is 24.3 Å². The highest BCUT2D eigenvalue weighted by atomic mass is 35.5. The lowest BCUT2D eigenvalue weighted by Gasteiger charge is -2.16. The number of alkyl halides is 3. The van der Waals surface area contributed by atoms with Crippen molar-refractivity contribution in [2.45, 2.75) is 25.9 Å². The van der Waals surface area contributed by atoms with Crippen molar-refractivity contribution in [3.05, 3.63) is 40.9 Å². The van der Waals surface area contributed by atoms with Crippen LogP contribution in [-0.4, -0.2) is 45.3 Å².